The first kappa shape index (κ1) is 19.9. The van der Waals surface area contributed by atoms with Gasteiger partial charge in [-0.3, -0.25) is 0 Å². The molecule has 0 radical (unpaired) electrons. The van der Waals surface area contributed by atoms with Crippen LogP contribution < -0.4 is 0 Å². The van der Waals surface area contributed by atoms with Crippen LogP contribution in [0.2, 0.25) is 0 Å². The third-order valence-corrected chi connectivity index (χ3v) is 4.90. The van der Waals surface area contributed by atoms with Gasteiger partial charge in [-0.15, -0.1) is 0 Å². The van der Waals surface area contributed by atoms with E-state index in [1.807, 2.05) is 30.3 Å². The lowest BCUT2D eigenvalue weighted by atomic mass is 9.98. The smallest absolute Gasteiger partial charge is 0.410 e. The van der Waals surface area contributed by atoms with Crippen molar-refractivity contribution < 1.29 is 24.2 Å². The van der Waals surface area contributed by atoms with Gasteiger partial charge < -0.3 is 19.5 Å². The quantitative estimate of drug-likeness (QED) is 0.783. The van der Waals surface area contributed by atoms with E-state index in [1.54, 1.807) is 29.2 Å². The van der Waals surface area contributed by atoms with E-state index in [1.165, 1.54) is 0 Å². The number of piperidine rings is 1. The number of amides is 1. The van der Waals surface area contributed by atoms with Crippen LogP contribution in [0.25, 0.3) is 0 Å². The average Bonchev–Trinajstić information content (AvgIpc) is 2.73. The van der Waals surface area contributed by atoms with Crippen LogP contribution in [0.15, 0.2) is 54.6 Å². The van der Waals surface area contributed by atoms with Crippen molar-refractivity contribution in [2.45, 2.75) is 26.1 Å². The second kappa shape index (κ2) is 9.90. The first-order chi connectivity index (χ1) is 13.6. The van der Waals surface area contributed by atoms with Crippen LogP contribution in [-0.2, 0) is 22.7 Å². The molecule has 28 heavy (non-hydrogen) atoms. The Morgan fingerprint density at radius 2 is 1.57 bits per heavy atom. The van der Waals surface area contributed by atoms with Gasteiger partial charge in [0, 0.05) is 19.7 Å². The summed E-state index contributed by atoms with van der Waals surface area (Å²) < 4.78 is 11.2. The molecule has 0 aromatic heterocycles. The van der Waals surface area contributed by atoms with Crippen LogP contribution in [0.5, 0.6) is 0 Å². The van der Waals surface area contributed by atoms with Crippen molar-refractivity contribution in [2.75, 3.05) is 19.7 Å². The molecule has 1 aliphatic heterocycles. The largest absolute Gasteiger partial charge is 0.478 e. The molecular weight excluding hydrogens is 358 g/mol. The Bertz CT molecular complexity index is 767. The average molecular weight is 383 g/mol. The molecule has 2 aromatic rings. The Hall–Kier alpha value is -2.86. The van der Waals surface area contributed by atoms with Gasteiger partial charge in [-0.05, 0) is 42.0 Å². The van der Waals surface area contributed by atoms with E-state index >= 15 is 0 Å². The lowest BCUT2D eigenvalue weighted by molar-refractivity contribution is 0.0471. The summed E-state index contributed by atoms with van der Waals surface area (Å²) in [5, 5.41) is 8.91. The Morgan fingerprint density at radius 3 is 2.21 bits per heavy atom. The molecule has 0 saturated carbocycles. The molecule has 1 amide bonds. The van der Waals surface area contributed by atoms with Gasteiger partial charge in [0.2, 0.25) is 0 Å². The molecule has 0 spiro atoms. The number of hydrogen-bond acceptors (Lipinski definition) is 4. The number of aromatic carboxylic acids is 1. The number of carboxylic acid groups (broad SMARTS) is 1. The summed E-state index contributed by atoms with van der Waals surface area (Å²) in [5.74, 6) is -0.516. The zero-order valence-electron chi connectivity index (χ0n) is 15.8. The van der Waals surface area contributed by atoms with Crippen LogP contribution in [-0.4, -0.2) is 41.8 Å². The summed E-state index contributed by atoms with van der Waals surface area (Å²) in [6, 6.07) is 16.4. The number of likely N-dealkylation sites (tertiary alicyclic amines) is 1. The number of carbonyl (C=O) groups is 2. The second-order valence-electron chi connectivity index (χ2n) is 6.99. The lowest BCUT2D eigenvalue weighted by Crippen LogP contribution is -2.39. The number of benzene rings is 2. The summed E-state index contributed by atoms with van der Waals surface area (Å²) in [6.07, 6.45) is 1.51. The number of rotatable bonds is 7. The standard InChI is InChI=1S/C22H25NO5/c24-21(25)20-8-6-18(7-9-20)14-27-15-19-10-12-23(13-11-19)22(26)28-16-17-4-2-1-3-5-17/h1-9,19H,10-16H2,(H,24,25). The fourth-order valence-electron chi connectivity index (χ4n) is 3.18. The maximum absolute atomic E-state index is 12.2. The molecule has 148 valence electrons. The topological polar surface area (TPSA) is 76.1 Å². The summed E-state index contributed by atoms with van der Waals surface area (Å²) in [6.45, 7) is 2.74. The van der Waals surface area contributed by atoms with E-state index in [0.717, 1.165) is 24.0 Å². The summed E-state index contributed by atoms with van der Waals surface area (Å²) in [5.41, 5.74) is 2.21. The predicted molar refractivity (Wildman–Crippen MR) is 104 cm³/mol. The van der Waals surface area contributed by atoms with Gasteiger partial charge in [-0.25, -0.2) is 9.59 Å². The molecule has 1 fully saturated rings. The van der Waals surface area contributed by atoms with Crippen LogP contribution in [0, 0.1) is 5.92 Å². The number of carboxylic acids is 1. The second-order valence-corrected chi connectivity index (χ2v) is 6.99. The first-order valence-electron chi connectivity index (χ1n) is 9.47. The summed E-state index contributed by atoms with van der Waals surface area (Å²) in [4.78, 5) is 24.8. The highest BCUT2D eigenvalue weighted by Crippen LogP contribution is 2.19. The predicted octanol–water partition coefficient (Wildman–Crippen LogP) is 3.95. The normalized spacial score (nSPS) is 14.6. The third-order valence-electron chi connectivity index (χ3n) is 4.90. The van der Waals surface area contributed by atoms with Crippen LogP contribution in [0.1, 0.15) is 34.3 Å². The minimum atomic E-state index is -0.929. The lowest BCUT2D eigenvalue weighted by Gasteiger charge is -2.31. The Balaban J connectivity index is 1.33. The maximum Gasteiger partial charge on any atom is 0.410 e. The molecule has 1 aliphatic rings. The molecule has 1 heterocycles. The van der Waals surface area contributed by atoms with E-state index in [0.29, 0.717) is 38.8 Å². The zero-order valence-corrected chi connectivity index (χ0v) is 15.8. The number of ether oxygens (including phenoxy) is 2. The fraction of sp³-hybridized carbons (Fsp3) is 0.364. The number of hydrogen-bond donors (Lipinski definition) is 1. The number of carbonyl (C=O) groups excluding carboxylic acids is 1. The van der Waals surface area contributed by atoms with Gasteiger partial charge in [-0.2, -0.15) is 0 Å². The monoisotopic (exact) mass is 383 g/mol. The molecule has 0 bridgehead atoms. The third kappa shape index (κ3) is 5.82. The van der Waals surface area contributed by atoms with E-state index in [-0.39, 0.29) is 11.7 Å². The minimum absolute atomic E-state index is 0.262. The molecule has 6 nitrogen and oxygen atoms in total. The molecule has 1 saturated heterocycles. The van der Waals surface area contributed by atoms with Gasteiger partial charge in [0.1, 0.15) is 6.61 Å². The van der Waals surface area contributed by atoms with Crippen molar-refractivity contribution in [1.29, 1.82) is 0 Å². The van der Waals surface area contributed by atoms with E-state index in [4.69, 9.17) is 14.6 Å². The van der Waals surface area contributed by atoms with Crippen molar-refractivity contribution in [3.05, 3.63) is 71.3 Å². The van der Waals surface area contributed by atoms with Crippen molar-refractivity contribution >= 4 is 12.1 Å². The molecule has 2 aromatic carbocycles. The highest BCUT2D eigenvalue weighted by Gasteiger charge is 2.23. The maximum atomic E-state index is 12.2. The van der Waals surface area contributed by atoms with Gasteiger partial charge in [-0.1, -0.05) is 42.5 Å². The molecular formula is C22H25NO5. The SMILES string of the molecule is O=C(O)c1ccc(COCC2CCN(C(=O)OCc3ccccc3)CC2)cc1. The van der Waals surface area contributed by atoms with Crippen molar-refractivity contribution in [1.82, 2.24) is 4.90 Å². The highest BCUT2D eigenvalue weighted by molar-refractivity contribution is 5.87. The Labute approximate surface area is 164 Å². The van der Waals surface area contributed by atoms with E-state index in [9.17, 15) is 9.59 Å². The van der Waals surface area contributed by atoms with Crippen molar-refractivity contribution in [3.63, 3.8) is 0 Å². The summed E-state index contributed by atoms with van der Waals surface area (Å²) >= 11 is 0. The molecule has 0 aliphatic carbocycles. The number of nitrogens with zero attached hydrogens (tertiary/aromatic N) is 1. The van der Waals surface area contributed by atoms with Crippen molar-refractivity contribution in [3.8, 4) is 0 Å². The van der Waals surface area contributed by atoms with Gasteiger partial charge in [0.25, 0.3) is 0 Å². The highest BCUT2D eigenvalue weighted by atomic mass is 16.6. The van der Waals surface area contributed by atoms with Gasteiger partial charge >= 0.3 is 12.1 Å². The fourth-order valence-corrected chi connectivity index (χ4v) is 3.18. The first-order valence-corrected chi connectivity index (χ1v) is 9.47. The van der Waals surface area contributed by atoms with Crippen LogP contribution >= 0.6 is 0 Å². The minimum Gasteiger partial charge on any atom is -0.478 e. The zero-order chi connectivity index (χ0) is 19.8. The summed E-state index contributed by atoms with van der Waals surface area (Å²) in [7, 11) is 0. The van der Waals surface area contributed by atoms with E-state index < -0.39 is 5.97 Å². The molecule has 0 atom stereocenters. The molecule has 6 heteroatoms. The van der Waals surface area contributed by atoms with Gasteiger partial charge in [0.05, 0.1) is 12.2 Å². The van der Waals surface area contributed by atoms with Gasteiger partial charge in [0.15, 0.2) is 0 Å². The molecule has 3 rings (SSSR count). The Morgan fingerprint density at radius 1 is 0.929 bits per heavy atom. The van der Waals surface area contributed by atoms with E-state index in [2.05, 4.69) is 0 Å². The molecule has 1 N–H and O–H groups in total. The van der Waals surface area contributed by atoms with Crippen LogP contribution in [0.3, 0.4) is 0 Å². The van der Waals surface area contributed by atoms with Crippen LogP contribution in [0.4, 0.5) is 4.79 Å². The Kier molecular flexibility index (Phi) is 7.03. The molecule has 0 unspecified atom stereocenters. The van der Waals surface area contributed by atoms with Crippen molar-refractivity contribution in [2.24, 2.45) is 5.92 Å².